The van der Waals surface area contributed by atoms with E-state index < -0.39 is 0 Å². The molecule has 0 radical (unpaired) electrons. The maximum Gasteiger partial charge on any atom is 0.176 e. The van der Waals surface area contributed by atoms with E-state index in [0.717, 1.165) is 10.9 Å². The van der Waals surface area contributed by atoms with E-state index >= 15 is 0 Å². The van der Waals surface area contributed by atoms with Crippen LogP contribution in [0.25, 0.3) is 0 Å². The van der Waals surface area contributed by atoms with Crippen LogP contribution >= 0.6 is 46.5 Å². The van der Waals surface area contributed by atoms with Crippen molar-refractivity contribution in [2.75, 3.05) is 11.9 Å². The first kappa shape index (κ1) is 12.9. The molecule has 0 fully saturated rings. The van der Waals surface area contributed by atoms with Gasteiger partial charge in [-0.3, -0.25) is 0 Å². The molecule has 2 aromatic rings. The van der Waals surface area contributed by atoms with Crippen molar-refractivity contribution in [3.8, 4) is 0 Å². The molecule has 0 saturated carbocycles. The van der Waals surface area contributed by atoms with Gasteiger partial charge in [-0.25, -0.2) is 9.97 Å². The maximum absolute atomic E-state index is 6.08. The summed E-state index contributed by atoms with van der Waals surface area (Å²) in [5, 5.41) is 4.77. The van der Waals surface area contributed by atoms with E-state index in [1.807, 2.05) is 6.92 Å². The Morgan fingerprint density at radius 3 is 2.88 bits per heavy atom. The van der Waals surface area contributed by atoms with Crippen LogP contribution in [0.5, 0.6) is 0 Å². The molecule has 8 heteroatoms. The molecule has 4 nitrogen and oxygen atoms in total. The van der Waals surface area contributed by atoms with Gasteiger partial charge in [-0.1, -0.05) is 23.2 Å². The van der Waals surface area contributed by atoms with Crippen LogP contribution in [0, 0.1) is 0 Å². The number of hydrogen-bond donors (Lipinski definition) is 1. The van der Waals surface area contributed by atoms with E-state index in [9.17, 15) is 0 Å². The molecule has 0 aromatic carbocycles. The van der Waals surface area contributed by atoms with E-state index in [0.29, 0.717) is 20.9 Å². The number of pyridine rings is 1. The molecule has 90 valence electrons. The van der Waals surface area contributed by atoms with E-state index in [2.05, 4.69) is 19.7 Å². The van der Waals surface area contributed by atoms with Gasteiger partial charge in [0.2, 0.25) is 0 Å². The zero-order chi connectivity index (χ0) is 12.3. The molecule has 0 aliphatic carbocycles. The fraction of sp³-hybridized carbons (Fsp3) is 0.222. The topological polar surface area (TPSA) is 50.7 Å². The molecule has 2 aromatic heterocycles. The minimum absolute atomic E-state index is 0.511. The molecule has 1 N–H and O–H groups in total. The summed E-state index contributed by atoms with van der Waals surface area (Å²) < 4.78 is 4.72. The Hall–Kier alpha value is -0.560. The smallest absolute Gasteiger partial charge is 0.176 e. The third kappa shape index (κ3) is 3.22. The first-order valence-corrected chi connectivity index (χ1v) is 7.09. The Balaban J connectivity index is 2.29. The molecule has 0 bridgehead atoms. The monoisotopic (exact) mass is 306 g/mol. The Bertz CT molecular complexity index is 504. The molecule has 0 aliphatic rings. The highest BCUT2D eigenvalue weighted by atomic mass is 35.5. The SMILES string of the molecule is CCNc1nc(Sc2ncns2)c(Cl)cc1Cl. The van der Waals surface area contributed by atoms with E-state index in [1.165, 1.54) is 29.6 Å². The Morgan fingerprint density at radius 2 is 2.24 bits per heavy atom. The van der Waals surface area contributed by atoms with Gasteiger partial charge in [-0.05, 0) is 36.3 Å². The second-order valence-electron chi connectivity index (χ2n) is 2.95. The number of nitrogens with zero attached hydrogens (tertiary/aromatic N) is 3. The van der Waals surface area contributed by atoms with Crippen molar-refractivity contribution in [2.45, 2.75) is 16.3 Å². The highest BCUT2D eigenvalue weighted by molar-refractivity contribution is 8.01. The first-order valence-electron chi connectivity index (χ1n) is 4.75. The van der Waals surface area contributed by atoms with Gasteiger partial charge in [0.25, 0.3) is 0 Å². The maximum atomic E-state index is 6.08. The summed E-state index contributed by atoms with van der Waals surface area (Å²) in [6.07, 6.45) is 1.50. The van der Waals surface area contributed by atoms with Crippen LogP contribution < -0.4 is 5.32 Å². The molecular formula is C9H8Cl2N4S2. The summed E-state index contributed by atoms with van der Waals surface area (Å²) in [4.78, 5) is 8.43. The molecule has 0 unspecified atom stereocenters. The van der Waals surface area contributed by atoms with Gasteiger partial charge in [0.05, 0.1) is 10.0 Å². The summed E-state index contributed by atoms with van der Waals surface area (Å²) in [6.45, 7) is 2.72. The van der Waals surface area contributed by atoms with Crippen molar-refractivity contribution in [3.63, 3.8) is 0 Å². The van der Waals surface area contributed by atoms with Gasteiger partial charge in [-0.15, -0.1) is 0 Å². The van der Waals surface area contributed by atoms with Gasteiger partial charge in [0.1, 0.15) is 17.2 Å². The lowest BCUT2D eigenvalue weighted by Crippen LogP contribution is -2.00. The van der Waals surface area contributed by atoms with Crippen molar-refractivity contribution in [2.24, 2.45) is 0 Å². The molecule has 0 saturated heterocycles. The summed E-state index contributed by atoms with van der Waals surface area (Å²) in [5.74, 6) is 0.630. The van der Waals surface area contributed by atoms with E-state index in [1.54, 1.807) is 6.07 Å². The van der Waals surface area contributed by atoms with Crippen molar-refractivity contribution in [1.29, 1.82) is 0 Å². The molecule has 2 heterocycles. The van der Waals surface area contributed by atoms with Gasteiger partial charge < -0.3 is 5.32 Å². The van der Waals surface area contributed by atoms with Crippen LogP contribution in [-0.4, -0.2) is 20.9 Å². The molecule has 17 heavy (non-hydrogen) atoms. The normalized spacial score (nSPS) is 10.5. The average molecular weight is 307 g/mol. The minimum Gasteiger partial charge on any atom is -0.369 e. The predicted molar refractivity (Wildman–Crippen MR) is 72.5 cm³/mol. The lowest BCUT2D eigenvalue weighted by molar-refractivity contribution is 1.08. The molecule has 0 atom stereocenters. The Labute approximate surface area is 117 Å². The zero-order valence-electron chi connectivity index (χ0n) is 8.78. The lowest BCUT2D eigenvalue weighted by atomic mass is 10.4. The summed E-state index contributed by atoms with van der Waals surface area (Å²) in [5.41, 5.74) is 0. The van der Waals surface area contributed by atoms with Gasteiger partial charge in [0, 0.05) is 6.54 Å². The second kappa shape index (κ2) is 5.86. The van der Waals surface area contributed by atoms with Crippen molar-refractivity contribution in [1.82, 2.24) is 14.3 Å². The summed E-state index contributed by atoms with van der Waals surface area (Å²) >= 11 is 14.8. The van der Waals surface area contributed by atoms with Crippen molar-refractivity contribution >= 4 is 52.3 Å². The zero-order valence-corrected chi connectivity index (χ0v) is 11.9. The number of hydrogen-bond acceptors (Lipinski definition) is 6. The third-order valence-corrected chi connectivity index (χ3v) is 4.17. The van der Waals surface area contributed by atoms with Gasteiger partial charge >= 0.3 is 0 Å². The van der Waals surface area contributed by atoms with Crippen molar-refractivity contribution in [3.05, 3.63) is 22.4 Å². The molecular weight excluding hydrogens is 299 g/mol. The fourth-order valence-corrected chi connectivity index (χ4v) is 3.00. The number of nitrogens with one attached hydrogen (secondary N) is 1. The fourth-order valence-electron chi connectivity index (χ4n) is 1.10. The molecule has 2 rings (SSSR count). The lowest BCUT2D eigenvalue weighted by Gasteiger charge is -2.08. The Kier molecular flexibility index (Phi) is 4.44. The number of halogens is 2. The van der Waals surface area contributed by atoms with Crippen LogP contribution in [0.3, 0.4) is 0 Å². The number of anilines is 1. The van der Waals surface area contributed by atoms with Crippen molar-refractivity contribution < 1.29 is 0 Å². The van der Waals surface area contributed by atoms with Crippen LogP contribution in [0.1, 0.15) is 6.92 Å². The van der Waals surface area contributed by atoms with Gasteiger partial charge in [0.15, 0.2) is 4.34 Å². The quantitative estimate of drug-likeness (QED) is 0.930. The highest BCUT2D eigenvalue weighted by Gasteiger charge is 2.11. The van der Waals surface area contributed by atoms with Crippen LogP contribution in [0.4, 0.5) is 5.82 Å². The minimum atomic E-state index is 0.511. The standard InChI is InChI=1S/C9H8Cl2N4S2/c1-2-12-7-5(10)3-6(11)8(15-7)16-9-13-4-14-17-9/h3-4H,2H2,1H3,(H,12,15). The third-order valence-electron chi connectivity index (χ3n) is 1.77. The van der Waals surface area contributed by atoms with Gasteiger partial charge in [-0.2, -0.15) is 4.37 Å². The second-order valence-corrected chi connectivity index (χ2v) is 5.78. The molecule has 0 spiro atoms. The first-order chi connectivity index (χ1) is 8.20. The van der Waals surface area contributed by atoms with Crippen LogP contribution in [-0.2, 0) is 0 Å². The molecule has 0 amide bonds. The summed E-state index contributed by atoms with van der Waals surface area (Å²) in [7, 11) is 0. The van der Waals surface area contributed by atoms with E-state index in [4.69, 9.17) is 23.2 Å². The molecule has 0 aliphatic heterocycles. The average Bonchev–Trinajstić information content (AvgIpc) is 2.78. The predicted octanol–water partition coefficient (Wildman–Crippen LogP) is 3.82. The van der Waals surface area contributed by atoms with Crippen LogP contribution in [0.15, 0.2) is 21.8 Å². The summed E-state index contributed by atoms with van der Waals surface area (Å²) in [6, 6.07) is 1.68. The van der Waals surface area contributed by atoms with Crippen LogP contribution in [0.2, 0.25) is 10.0 Å². The van der Waals surface area contributed by atoms with E-state index in [-0.39, 0.29) is 0 Å². The highest BCUT2D eigenvalue weighted by Crippen LogP contribution is 2.35. The number of rotatable bonds is 4. The Morgan fingerprint density at radius 1 is 1.41 bits per heavy atom. The largest absolute Gasteiger partial charge is 0.369 e. The number of aromatic nitrogens is 3.